The van der Waals surface area contributed by atoms with Crippen molar-refractivity contribution in [3.8, 4) is 11.3 Å². The van der Waals surface area contributed by atoms with Gasteiger partial charge in [-0.25, -0.2) is 12.8 Å². The van der Waals surface area contributed by atoms with E-state index in [2.05, 4.69) is 4.90 Å². The van der Waals surface area contributed by atoms with E-state index in [1.807, 2.05) is 4.90 Å². The summed E-state index contributed by atoms with van der Waals surface area (Å²) in [5.41, 5.74) is 1.46. The Balaban J connectivity index is 1.42. The lowest BCUT2D eigenvalue weighted by Crippen LogP contribution is -2.43. The Morgan fingerprint density at radius 3 is 2.52 bits per heavy atom. The number of fused-ring (bicyclic) bond motifs is 1. The number of thioether (sulfide) groups is 1. The van der Waals surface area contributed by atoms with Crippen LogP contribution in [0.5, 0.6) is 0 Å². The van der Waals surface area contributed by atoms with Crippen molar-refractivity contribution in [2.45, 2.75) is 74.6 Å². The minimum absolute atomic E-state index is 0.0337. The van der Waals surface area contributed by atoms with Crippen LogP contribution in [0.15, 0.2) is 23.1 Å². The van der Waals surface area contributed by atoms with Crippen LogP contribution in [-0.2, 0) is 35.7 Å². The zero-order valence-electron chi connectivity index (χ0n) is 24.8. The highest BCUT2D eigenvalue weighted by molar-refractivity contribution is 7.99. The van der Waals surface area contributed by atoms with Crippen LogP contribution in [-0.4, -0.2) is 119 Å². The van der Waals surface area contributed by atoms with Gasteiger partial charge in [0.15, 0.2) is 0 Å². The lowest BCUT2D eigenvalue weighted by molar-refractivity contribution is -0.139. The fourth-order valence-electron chi connectivity index (χ4n) is 6.32. The van der Waals surface area contributed by atoms with Gasteiger partial charge in [0.25, 0.3) is 0 Å². The zero-order valence-corrected chi connectivity index (χ0v) is 26.5. The van der Waals surface area contributed by atoms with Gasteiger partial charge in [0.1, 0.15) is 6.17 Å². The van der Waals surface area contributed by atoms with E-state index < -0.39 is 40.1 Å². The van der Waals surface area contributed by atoms with Crippen molar-refractivity contribution in [2.24, 2.45) is 0 Å². The number of aliphatic hydroxyl groups excluding tert-OH is 2. The smallest absolute Gasteiger partial charge is 0.392 e. The summed E-state index contributed by atoms with van der Waals surface area (Å²) in [6.45, 7) is 3.68. The molecule has 0 saturated carbocycles. The summed E-state index contributed by atoms with van der Waals surface area (Å²) in [6, 6.07) is 3.89. The Bertz CT molecular complexity index is 1400. The molecular formula is C29H41F4N5O4S2. The molecule has 0 amide bonds. The highest BCUT2D eigenvalue weighted by Crippen LogP contribution is 2.40. The minimum Gasteiger partial charge on any atom is -0.392 e. The van der Waals surface area contributed by atoms with Gasteiger partial charge in [0.2, 0.25) is 10.0 Å². The summed E-state index contributed by atoms with van der Waals surface area (Å²) in [4.78, 5) is 4.12. The third-order valence-electron chi connectivity index (χ3n) is 8.64. The third kappa shape index (κ3) is 8.34. The van der Waals surface area contributed by atoms with Crippen LogP contribution in [0.1, 0.15) is 42.5 Å². The molecule has 2 fully saturated rings. The number of piperidine rings is 2. The van der Waals surface area contributed by atoms with Crippen LogP contribution in [0.3, 0.4) is 0 Å². The van der Waals surface area contributed by atoms with Gasteiger partial charge in [-0.05, 0) is 44.4 Å². The Morgan fingerprint density at radius 1 is 1.09 bits per heavy atom. The number of aliphatic hydroxyl groups is 2. The molecule has 4 heterocycles. The predicted molar refractivity (Wildman–Crippen MR) is 161 cm³/mol. The number of halogens is 4. The molecule has 1 unspecified atom stereocenters. The lowest BCUT2D eigenvalue weighted by Gasteiger charge is -2.31. The maximum atomic E-state index is 14.0. The van der Waals surface area contributed by atoms with Crippen molar-refractivity contribution in [2.75, 3.05) is 57.8 Å². The number of hydrogen-bond acceptors (Lipinski definition) is 8. The summed E-state index contributed by atoms with van der Waals surface area (Å²) in [5, 5.41) is 25.7. The van der Waals surface area contributed by atoms with E-state index in [0.29, 0.717) is 74.6 Å². The van der Waals surface area contributed by atoms with Crippen LogP contribution in [0.25, 0.3) is 11.3 Å². The number of hydrogen-bond donors (Lipinski definition) is 2. The van der Waals surface area contributed by atoms with Crippen LogP contribution in [0.4, 0.5) is 17.6 Å². The quantitative estimate of drug-likeness (QED) is 0.295. The summed E-state index contributed by atoms with van der Waals surface area (Å²) in [5.74, 6) is 0.398. The van der Waals surface area contributed by atoms with E-state index in [1.54, 1.807) is 4.68 Å². The predicted octanol–water partition coefficient (Wildman–Crippen LogP) is 3.23. The molecule has 2 N–H and O–H groups in total. The molecule has 1 aromatic carbocycles. The van der Waals surface area contributed by atoms with Crippen molar-refractivity contribution in [3.63, 3.8) is 0 Å². The van der Waals surface area contributed by atoms with Crippen molar-refractivity contribution < 1.29 is 36.2 Å². The van der Waals surface area contributed by atoms with Gasteiger partial charge in [-0.2, -0.15) is 22.6 Å². The number of aromatic nitrogens is 2. The number of sulfonamides is 1. The Hall–Kier alpha value is -1.75. The largest absolute Gasteiger partial charge is 0.417 e. The second-order valence-corrected chi connectivity index (χ2v) is 15.2. The first-order chi connectivity index (χ1) is 20.8. The second kappa shape index (κ2) is 13.9. The minimum atomic E-state index is -4.56. The Morgan fingerprint density at radius 2 is 1.84 bits per heavy atom. The van der Waals surface area contributed by atoms with E-state index in [4.69, 9.17) is 5.10 Å². The summed E-state index contributed by atoms with van der Waals surface area (Å²) in [6.07, 6.45) is -2.74. The standard InChI is InChI=1S/C29H41F4N5O4S2/c1-44(41,42)37-12-8-26-24(19-37)28(34-38(26)18-23(40)17-36-9-2-3-22(39)16-36)20-4-5-25(29(31,32)33)27(15-20)43-14-13-35-10-6-21(30)7-11-35/h4-5,15,21-23,39-40H,2-3,6-14,16-19H2,1H3/t22-,23?/m1/s1. The maximum absolute atomic E-state index is 14.0. The topological polar surface area (TPSA) is 102 Å². The lowest BCUT2D eigenvalue weighted by atomic mass is 10.0. The van der Waals surface area contributed by atoms with Gasteiger partial charge >= 0.3 is 6.18 Å². The van der Waals surface area contributed by atoms with Crippen LogP contribution in [0.2, 0.25) is 0 Å². The molecule has 3 aliphatic heterocycles. The Kier molecular flexibility index (Phi) is 10.6. The van der Waals surface area contributed by atoms with E-state index in [9.17, 15) is 36.2 Å². The molecule has 246 valence electrons. The van der Waals surface area contributed by atoms with Crippen LogP contribution < -0.4 is 0 Å². The van der Waals surface area contributed by atoms with E-state index in [0.717, 1.165) is 49.2 Å². The molecule has 15 heteroatoms. The molecule has 9 nitrogen and oxygen atoms in total. The molecule has 0 bridgehead atoms. The van der Waals surface area contributed by atoms with Crippen LogP contribution in [0, 0.1) is 0 Å². The molecular weight excluding hydrogens is 622 g/mol. The van der Waals surface area contributed by atoms with Crippen molar-refractivity contribution in [1.82, 2.24) is 23.9 Å². The molecule has 2 aromatic rings. The second-order valence-electron chi connectivity index (χ2n) is 12.1. The summed E-state index contributed by atoms with van der Waals surface area (Å²) >= 11 is 1.09. The first-order valence-corrected chi connectivity index (χ1v) is 17.9. The third-order valence-corrected chi connectivity index (χ3v) is 10.9. The summed E-state index contributed by atoms with van der Waals surface area (Å²) < 4.78 is 83.4. The molecule has 5 rings (SSSR count). The van der Waals surface area contributed by atoms with Crippen molar-refractivity contribution >= 4 is 21.8 Å². The van der Waals surface area contributed by atoms with Gasteiger partial charge in [-0.1, -0.05) is 6.07 Å². The molecule has 0 spiro atoms. The molecule has 1 aromatic heterocycles. The number of likely N-dealkylation sites (tertiary alicyclic amines) is 2. The van der Waals surface area contributed by atoms with Gasteiger partial charge in [-0.3, -0.25) is 9.58 Å². The number of nitrogens with zero attached hydrogens (tertiary/aromatic N) is 5. The first kappa shape index (κ1) is 33.6. The molecule has 3 aliphatic rings. The first-order valence-electron chi connectivity index (χ1n) is 15.1. The summed E-state index contributed by atoms with van der Waals surface area (Å²) in [7, 11) is -3.53. The van der Waals surface area contributed by atoms with Crippen molar-refractivity contribution in [3.05, 3.63) is 35.0 Å². The average molecular weight is 664 g/mol. The van der Waals surface area contributed by atoms with E-state index in [-0.39, 0.29) is 24.5 Å². The molecule has 0 aliphatic carbocycles. The van der Waals surface area contributed by atoms with Crippen molar-refractivity contribution in [1.29, 1.82) is 0 Å². The average Bonchev–Trinajstić information content (AvgIpc) is 3.30. The maximum Gasteiger partial charge on any atom is 0.417 e. The van der Waals surface area contributed by atoms with Gasteiger partial charge in [0.05, 0.1) is 36.3 Å². The fourth-order valence-corrected chi connectivity index (χ4v) is 8.22. The number of alkyl halides is 4. The normalized spacial score (nSPS) is 22.3. The molecule has 44 heavy (non-hydrogen) atoms. The number of β-amino-alcohol motifs (C(OH)–C–C–N with tert-alkyl or cyclic N) is 2. The van der Waals surface area contributed by atoms with Gasteiger partial charge in [-0.15, -0.1) is 11.8 Å². The SMILES string of the molecule is CS(=O)(=O)N1CCc2c(c(-c3ccc(C(F)(F)F)c(SCCN4CCC(F)CC4)c3)nn2CC(O)CN2CCC[C@@H](O)C2)C1. The fraction of sp³-hybridized carbons (Fsp3) is 0.690. The van der Waals surface area contributed by atoms with E-state index >= 15 is 0 Å². The van der Waals surface area contributed by atoms with Crippen LogP contribution >= 0.6 is 11.8 Å². The molecule has 0 radical (unpaired) electrons. The van der Waals surface area contributed by atoms with Gasteiger partial charge < -0.3 is 15.1 Å². The number of benzene rings is 1. The highest BCUT2D eigenvalue weighted by Gasteiger charge is 2.35. The zero-order chi connectivity index (χ0) is 31.6. The van der Waals surface area contributed by atoms with E-state index in [1.165, 1.54) is 16.4 Å². The molecule has 2 atom stereocenters. The number of rotatable bonds is 10. The highest BCUT2D eigenvalue weighted by atomic mass is 32.2. The van der Waals surface area contributed by atoms with Gasteiger partial charge in [0, 0.05) is 79.7 Å². The molecule has 2 saturated heterocycles. The Labute approximate surface area is 260 Å². The monoisotopic (exact) mass is 663 g/mol.